The maximum Gasteiger partial charge on any atom is 0.271 e. The second-order valence-corrected chi connectivity index (χ2v) is 4.38. The minimum atomic E-state index is -0.350. The Labute approximate surface area is 127 Å². The first-order valence-corrected chi connectivity index (χ1v) is 6.60. The molecule has 6 heteroatoms. The number of nitroso groups, excluding NO2 is 1. The summed E-state index contributed by atoms with van der Waals surface area (Å²) in [5, 5.41) is 6.84. The first-order valence-electron chi connectivity index (χ1n) is 6.60. The SMILES string of the molecule is COc1ccc(C(CN=O)=NNC(=O)c2ccccc2)cc1. The van der Waals surface area contributed by atoms with Crippen molar-refractivity contribution in [2.45, 2.75) is 0 Å². The third kappa shape index (κ3) is 3.99. The van der Waals surface area contributed by atoms with Crippen LogP contribution >= 0.6 is 0 Å². The fraction of sp³-hybridized carbons (Fsp3) is 0.125. The molecular weight excluding hydrogens is 282 g/mol. The quantitative estimate of drug-likeness (QED) is 0.505. The molecule has 112 valence electrons. The van der Waals surface area contributed by atoms with Gasteiger partial charge in [0.15, 0.2) is 0 Å². The number of nitrogens with one attached hydrogen (secondary N) is 1. The van der Waals surface area contributed by atoms with E-state index in [2.05, 4.69) is 15.7 Å². The van der Waals surface area contributed by atoms with Crippen LogP contribution in [-0.2, 0) is 0 Å². The van der Waals surface area contributed by atoms with Gasteiger partial charge in [0.05, 0.1) is 12.8 Å². The first kappa shape index (κ1) is 15.4. The summed E-state index contributed by atoms with van der Waals surface area (Å²) in [4.78, 5) is 22.5. The van der Waals surface area contributed by atoms with Gasteiger partial charge in [-0.2, -0.15) is 10.0 Å². The number of rotatable bonds is 6. The summed E-state index contributed by atoms with van der Waals surface area (Å²) in [6.07, 6.45) is 0. The average molecular weight is 297 g/mol. The zero-order valence-electron chi connectivity index (χ0n) is 12.0. The molecule has 0 aliphatic rings. The van der Waals surface area contributed by atoms with Gasteiger partial charge in [-0.1, -0.05) is 23.4 Å². The topological polar surface area (TPSA) is 80.1 Å². The zero-order chi connectivity index (χ0) is 15.8. The van der Waals surface area contributed by atoms with E-state index >= 15 is 0 Å². The summed E-state index contributed by atoms with van der Waals surface area (Å²) < 4.78 is 5.07. The fourth-order valence-electron chi connectivity index (χ4n) is 1.81. The summed E-state index contributed by atoms with van der Waals surface area (Å²) in [6, 6.07) is 15.7. The monoisotopic (exact) mass is 297 g/mol. The highest BCUT2D eigenvalue weighted by atomic mass is 16.5. The second-order valence-electron chi connectivity index (χ2n) is 4.38. The molecule has 0 saturated heterocycles. The van der Waals surface area contributed by atoms with Crippen LogP contribution in [0.4, 0.5) is 0 Å². The van der Waals surface area contributed by atoms with Gasteiger partial charge in [0.25, 0.3) is 5.91 Å². The highest BCUT2D eigenvalue weighted by molar-refractivity contribution is 6.03. The highest BCUT2D eigenvalue weighted by Gasteiger charge is 2.07. The number of hydrogen-bond acceptors (Lipinski definition) is 5. The smallest absolute Gasteiger partial charge is 0.271 e. The number of amides is 1. The van der Waals surface area contributed by atoms with Gasteiger partial charge in [-0.25, -0.2) is 5.43 Å². The summed E-state index contributed by atoms with van der Waals surface area (Å²) in [5.41, 5.74) is 3.98. The van der Waals surface area contributed by atoms with Crippen molar-refractivity contribution in [1.82, 2.24) is 5.43 Å². The Balaban J connectivity index is 2.16. The maximum atomic E-state index is 11.9. The molecule has 2 rings (SSSR count). The van der Waals surface area contributed by atoms with Crippen LogP contribution in [0.2, 0.25) is 0 Å². The average Bonchev–Trinajstić information content (AvgIpc) is 2.59. The first-order chi connectivity index (χ1) is 10.7. The lowest BCUT2D eigenvalue weighted by Gasteiger charge is -2.05. The normalized spacial score (nSPS) is 10.9. The van der Waals surface area contributed by atoms with Crippen LogP contribution in [-0.4, -0.2) is 25.3 Å². The van der Waals surface area contributed by atoms with E-state index in [1.165, 1.54) is 0 Å². The molecule has 1 amide bonds. The van der Waals surface area contributed by atoms with Crippen molar-refractivity contribution in [3.05, 3.63) is 70.6 Å². The highest BCUT2D eigenvalue weighted by Crippen LogP contribution is 2.12. The molecule has 0 unspecified atom stereocenters. The zero-order valence-corrected chi connectivity index (χ0v) is 12.0. The Morgan fingerprint density at radius 3 is 2.32 bits per heavy atom. The Morgan fingerprint density at radius 2 is 1.73 bits per heavy atom. The minimum Gasteiger partial charge on any atom is -0.497 e. The summed E-state index contributed by atoms with van der Waals surface area (Å²) >= 11 is 0. The maximum absolute atomic E-state index is 11.9. The van der Waals surface area contributed by atoms with Gasteiger partial charge >= 0.3 is 0 Å². The molecule has 0 saturated carbocycles. The predicted octanol–water partition coefficient (Wildman–Crippen LogP) is 2.60. The van der Waals surface area contributed by atoms with E-state index in [-0.39, 0.29) is 12.5 Å². The molecule has 6 nitrogen and oxygen atoms in total. The molecule has 1 N–H and O–H groups in total. The van der Waals surface area contributed by atoms with E-state index in [9.17, 15) is 9.70 Å². The molecule has 0 bridgehead atoms. The summed E-state index contributed by atoms with van der Waals surface area (Å²) in [7, 11) is 1.57. The molecule has 2 aromatic carbocycles. The van der Waals surface area contributed by atoms with Crippen LogP contribution in [0.25, 0.3) is 0 Å². The van der Waals surface area contributed by atoms with Crippen molar-refractivity contribution < 1.29 is 9.53 Å². The van der Waals surface area contributed by atoms with E-state index in [1.54, 1.807) is 55.6 Å². The third-order valence-electron chi connectivity index (χ3n) is 2.97. The number of benzene rings is 2. The van der Waals surface area contributed by atoms with Gasteiger partial charge in [-0.15, -0.1) is 0 Å². The van der Waals surface area contributed by atoms with Crippen molar-refractivity contribution in [3.63, 3.8) is 0 Å². The van der Waals surface area contributed by atoms with Crippen molar-refractivity contribution in [3.8, 4) is 5.75 Å². The van der Waals surface area contributed by atoms with E-state index < -0.39 is 0 Å². The van der Waals surface area contributed by atoms with E-state index in [0.29, 0.717) is 22.6 Å². The molecule has 2 aromatic rings. The predicted molar refractivity (Wildman–Crippen MR) is 84.1 cm³/mol. The number of nitrogens with zero attached hydrogens (tertiary/aromatic N) is 2. The van der Waals surface area contributed by atoms with Gasteiger partial charge in [-0.05, 0) is 36.4 Å². The molecule has 0 spiro atoms. The largest absolute Gasteiger partial charge is 0.497 e. The van der Waals surface area contributed by atoms with E-state index in [1.807, 2.05) is 6.07 Å². The van der Waals surface area contributed by atoms with Crippen LogP contribution in [0.5, 0.6) is 5.75 Å². The van der Waals surface area contributed by atoms with Crippen molar-refractivity contribution in [2.75, 3.05) is 13.7 Å². The summed E-state index contributed by atoms with van der Waals surface area (Å²) in [5.74, 6) is 0.341. The number of hydrogen-bond donors (Lipinski definition) is 1. The van der Waals surface area contributed by atoms with E-state index in [0.717, 1.165) is 0 Å². The standard InChI is InChI=1S/C16H15N3O3/c1-22-14-9-7-12(8-10-14)15(11-17-21)18-19-16(20)13-5-3-2-4-6-13/h2-10H,11H2,1H3,(H,19,20). The number of methoxy groups -OCH3 is 1. The lowest BCUT2D eigenvalue weighted by molar-refractivity contribution is 0.0955. The van der Waals surface area contributed by atoms with Gasteiger partial charge in [-0.3, -0.25) is 4.79 Å². The molecule has 22 heavy (non-hydrogen) atoms. The third-order valence-corrected chi connectivity index (χ3v) is 2.97. The van der Waals surface area contributed by atoms with Crippen LogP contribution in [0.3, 0.4) is 0 Å². The number of hydrazone groups is 1. The van der Waals surface area contributed by atoms with Crippen molar-refractivity contribution >= 4 is 11.6 Å². The van der Waals surface area contributed by atoms with Gasteiger partial charge in [0, 0.05) is 11.1 Å². The van der Waals surface area contributed by atoms with Crippen LogP contribution < -0.4 is 10.2 Å². The molecule has 0 aliphatic heterocycles. The van der Waals surface area contributed by atoms with Crippen LogP contribution in [0, 0.1) is 4.91 Å². The van der Waals surface area contributed by atoms with Crippen molar-refractivity contribution in [2.24, 2.45) is 10.3 Å². The molecule has 0 atom stereocenters. The molecule has 0 aliphatic carbocycles. The lowest BCUT2D eigenvalue weighted by Crippen LogP contribution is -2.21. The van der Waals surface area contributed by atoms with Gasteiger partial charge in [0.2, 0.25) is 0 Å². The van der Waals surface area contributed by atoms with Gasteiger partial charge < -0.3 is 4.74 Å². The molecule has 0 radical (unpaired) electrons. The molecule has 0 aromatic heterocycles. The fourth-order valence-corrected chi connectivity index (χ4v) is 1.81. The number of ether oxygens (including phenoxy) is 1. The summed E-state index contributed by atoms with van der Waals surface area (Å²) in [6.45, 7) is -0.138. The Kier molecular flexibility index (Phi) is 5.37. The molecule has 0 heterocycles. The van der Waals surface area contributed by atoms with Crippen LogP contribution in [0.1, 0.15) is 15.9 Å². The van der Waals surface area contributed by atoms with Crippen molar-refractivity contribution in [1.29, 1.82) is 0 Å². The van der Waals surface area contributed by atoms with Crippen LogP contribution in [0.15, 0.2) is 64.9 Å². The molecule has 0 fully saturated rings. The number of carbonyl (C=O) groups excluding carboxylic acids is 1. The number of carbonyl (C=O) groups is 1. The van der Waals surface area contributed by atoms with Gasteiger partial charge in [0.1, 0.15) is 12.3 Å². The Bertz CT molecular complexity index is 667. The second kappa shape index (κ2) is 7.68. The Hall–Kier alpha value is -3.02. The van der Waals surface area contributed by atoms with E-state index in [4.69, 9.17) is 4.74 Å². The molecular formula is C16H15N3O3. The minimum absolute atomic E-state index is 0.138. The lowest BCUT2D eigenvalue weighted by atomic mass is 10.1. The Morgan fingerprint density at radius 1 is 1.05 bits per heavy atom.